The summed E-state index contributed by atoms with van der Waals surface area (Å²) in [5, 5.41) is 8.65. The van der Waals surface area contributed by atoms with E-state index in [0.717, 1.165) is 0 Å². The number of aliphatic carboxylic acids is 1. The summed E-state index contributed by atoms with van der Waals surface area (Å²) in [4.78, 5) is 25.5. The summed E-state index contributed by atoms with van der Waals surface area (Å²) in [5.74, 6) is -1.08. The van der Waals surface area contributed by atoms with Gasteiger partial charge in [0.1, 0.15) is 6.54 Å². The van der Waals surface area contributed by atoms with Crippen molar-refractivity contribution in [1.29, 1.82) is 0 Å². The van der Waals surface area contributed by atoms with Gasteiger partial charge in [-0.15, -0.1) is 0 Å². The molecule has 88 valence electrons. The van der Waals surface area contributed by atoms with Crippen molar-refractivity contribution in [2.75, 3.05) is 27.2 Å². The predicted molar refractivity (Wildman–Crippen MR) is 57.7 cm³/mol. The molecule has 1 N–H and O–H groups in total. The zero-order valence-corrected chi connectivity index (χ0v) is 9.86. The molecule has 0 atom stereocenters. The summed E-state index contributed by atoms with van der Waals surface area (Å²) >= 11 is 0. The standard InChI is InChI=1S/C10H20N2O3/c1-8(2)12(7-10(14)15)9(13)5-6-11(3)4/h8H,5-7H2,1-4H3,(H,14,15). The Morgan fingerprint density at radius 1 is 1.27 bits per heavy atom. The molecule has 5 nitrogen and oxygen atoms in total. The Labute approximate surface area is 90.7 Å². The molecule has 0 aromatic rings. The quantitative estimate of drug-likeness (QED) is 0.692. The Bertz CT molecular complexity index is 227. The topological polar surface area (TPSA) is 60.9 Å². The van der Waals surface area contributed by atoms with Gasteiger partial charge < -0.3 is 14.9 Å². The third-order valence-electron chi connectivity index (χ3n) is 2.02. The van der Waals surface area contributed by atoms with Gasteiger partial charge >= 0.3 is 5.97 Å². The first-order valence-corrected chi connectivity index (χ1v) is 5.00. The highest BCUT2D eigenvalue weighted by Gasteiger charge is 2.19. The molecule has 0 saturated carbocycles. The average molecular weight is 216 g/mol. The van der Waals surface area contributed by atoms with Gasteiger partial charge in [0, 0.05) is 19.0 Å². The van der Waals surface area contributed by atoms with Crippen LogP contribution in [0.1, 0.15) is 20.3 Å². The van der Waals surface area contributed by atoms with Crippen molar-refractivity contribution >= 4 is 11.9 Å². The Kier molecular flexibility index (Phi) is 5.93. The summed E-state index contributed by atoms with van der Waals surface area (Å²) < 4.78 is 0. The molecular formula is C10H20N2O3. The first-order valence-electron chi connectivity index (χ1n) is 5.00. The van der Waals surface area contributed by atoms with E-state index in [0.29, 0.717) is 13.0 Å². The lowest BCUT2D eigenvalue weighted by atomic mass is 10.2. The minimum Gasteiger partial charge on any atom is -0.480 e. The number of nitrogens with zero attached hydrogens (tertiary/aromatic N) is 2. The molecule has 5 heteroatoms. The number of carboxylic acids is 1. The van der Waals surface area contributed by atoms with E-state index in [1.165, 1.54) is 4.90 Å². The summed E-state index contributed by atoms with van der Waals surface area (Å²) in [5.41, 5.74) is 0. The largest absolute Gasteiger partial charge is 0.480 e. The van der Waals surface area contributed by atoms with Crippen molar-refractivity contribution in [2.24, 2.45) is 0 Å². The van der Waals surface area contributed by atoms with Crippen LogP contribution in [0.15, 0.2) is 0 Å². The number of hydrogen-bond donors (Lipinski definition) is 1. The lowest BCUT2D eigenvalue weighted by molar-refractivity contribution is -0.145. The Morgan fingerprint density at radius 3 is 2.13 bits per heavy atom. The van der Waals surface area contributed by atoms with Crippen LogP contribution in [0.25, 0.3) is 0 Å². The van der Waals surface area contributed by atoms with E-state index >= 15 is 0 Å². The van der Waals surface area contributed by atoms with E-state index in [2.05, 4.69) is 0 Å². The van der Waals surface area contributed by atoms with Gasteiger partial charge in [-0.25, -0.2) is 0 Å². The highest BCUT2D eigenvalue weighted by molar-refractivity contribution is 5.81. The van der Waals surface area contributed by atoms with Crippen molar-refractivity contribution < 1.29 is 14.7 Å². The molecule has 15 heavy (non-hydrogen) atoms. The molecule has 0 radical (unpaired) electrons. The van der Waals surface area contributed by atoms with Gasteiger partial charge in [0.05, 0.1) is 0 Å². The van der Waals surface area contributed by atoms with Crippen molar-refractivity contribution in [3.63, 3.8) is 0 Å². The number of carbonyl (C=O) groups is 2. The second kappa shape index (κ2) is 6.40. The van der Waals surface area contributed by atoms with Gasteiger partial charge in [-0.05, 0) is 27.9 Å². The van der Waals surface area contributed by atoms with Crippen LogP contribution >= 0.6 is 0 Å². The Hall–Kier alpha value is -1.10. The number of hydrogen-bond acceptors (Lipinski definition) is 3. The average Bonchev–Trinajstić information content (AvgIpc) is 2.09. The third-order valence-corrected chi connectivity index (χ3v) is 2.02. The van der Waals surface area contributed by atoms with Gasteiger partial charge in [-0.3, -0.25) is 9.59 Å². The van der Waals surface area contributed by atoms with E-state index in [1.54, 1.807) is 0 Å². The molecule has 0 spiro atoms. The van der Waals surface area contributed by atoms with E-state index in [-0.39, 0.29) is 18.5 Å². The fraction of sp³-hybridized carbons (Fsp3) is 0.800. The van der Waals surface area contributed by atoms with E-state index in [9.17, 15) is 9.59 Å². The molecule has 1 amide bonds. The molecule has 0 heterocycles. The maximum absolute atomic E-state index is 11.7. The van der Waals surface area contributed by atoms with E-state index in [1.807, 2.05) is 32.8 Å². The minimum atomic E-state index is -0.970. The first-order chi connectivity index (χ1) is 6.84. The van der Waals surface area contributed by atoms with Crippen LogP contribution in [0.3, 0.4) is 0 Å². The van der Waals surface area contributed by atoms with Crippen LogP contribution in [0.2, 0.25) is 0 Å². The molecule has 0 fully saturated rings. The number of carbonyl (C=O) groups excluding carboxylic acids is 1. The third kappa shape index (κ3) is 6.06. The van der Waals surface area contributed by atoms with Crippen molar-refractivity contribution in [3.05, 3.63) is 0 Å². The van der Waals surface area contributed by atoms with Crippen LogP contribution in [-0.4, -0.2) is 60.0 Å². The van der Waals surface area contributed by atoms with Gasteiger partial charge in [0.2, 0.25) is 5.91 Å². The zero-order valence-electron chi connectivity index (χ0n) is 9.86. The van der Waals surface area contributed by atoms with E-state index < -0.39 is 5.97 Å². The molecule has 0 unspecified atom stereocenters. The highest BCUT2D eigenvalue weighted by atomic mass is 16.4. The smallest absolute Gasteiger partial charge is 0.323 e. The second-order valence-corrected chi connectivity index (χ2v) is 4.06. The number of rotatable bonds is 6. The Morgan fingerprint density at radius 2 is 1.80 bits per heavy atom. The maximum Gasteiger partial charge on any atom is 0.323 e. The molecule has 0 aliphatic carbocycles. The predicted octanol–water partition coefficient (Wildman–Crippen LogP) is 0.260. The first kappa shape index (κ1) is 13.9. The molecule has 0 aliphatic heterocycles. The lowest BCUT2D eigenvalue weighted by Crippen LogP contribution is -2.41. The molecule has 0 bridgehead atoms. The SMILES string of the molecule is CC(C)N(CC(=O)O)C(=O)CCN(C)C. The van der Waals surface area contributed by atoms with Crippen molar-refractivity contribution in [1.82, 2.24) is 9.80 Å². The lowest BCUT2D eigenvalue weighted by Gasteiger charge is -2.25. The molecule has 0 rings (SSSR count). The monoisotopic (exact) mass is 216 g/mol. The number of carboxylic acid groups (broad SMARTS) is 1. The molecule has 0 aromatic heterocycles. The van der Waals surface area contributed by atoms with Gasteiger partial charge in [-0.2, -0.15) is 0 Å². The molecule has 0 aromatic carbocycles. The summed E-state index contributed by atoms with van der Waals surface area (Å²) in [7, 11) is 3.76. The summed E-state index contributed by atoms with van der Waals surface area (Å²) in [6.45, 7) is 4.05. The normalized spacial score (nSPS) is 10.8. The summed E-state index contributed by atoms with van der Waals surface area (Å²) in [6, 6.07) is -0.0734. The Balaban J connectivity index is 4.23. The van der Waals surface area contributed by atoms with Crippen molar-refractivity contribution in [3.8, 4) is 0 Å². The maximum atomic E-state index is 11.7. The van der Waals surface area contributed by atoms with E-state index in [4.69, 9.17) is 5.11 Å². The number of amides is 1. The van der Waals surface area contributed by atoms with Crippen LogP contribution in [0, 0.1) is 0 Å². The fourth-order valence-electron chi connectivity index (χ4n) is 1.17. The van der Waals surface area contributed by atoms with Gasteiger partial charge in [-0.1, -0.05) is 0 Å². The van der Waals surface area contributed by atoms with Crippen LogP contribution in [0.4, 0.5) is 0 Å². The summed E-state index contributed by atoms with van der Waals surface area (Å²) in [6.07, 6.45) is 0.360. The molecule has 0 aliphatic rings. The van der Waals surface area contributed by atoms with Gasteiger partial charge in [0.25, 0.3) is 0 Å². The molecular weight excluding hydrogens is 196 g/mol. The molecule has 0 saturated heterocycles. The fourth-order valence-corrected chi connectivity index (χ4v) is 1.17. The minimum absolute atomic E-state index is 0.0734. The van der Waals surface area contributed by atoms with Crippen molar-refractivity contribution in [2.45, 2.75) is 26.3 Å². The van der Waals surface area contributed by atoms with Gasteiger partial charge in [0.15, 0.2) is 0 Å². The second-order valence-electron chi connectivity index (χ2n) is 4.06. The van der Waals surface area contributed by atoms with Crippen LogP contribution in [0.5, 0.6) is 0 Å². The van der Waals surface area contributed by atoms with Crippen LogP contribution < -0.4 is 0 Å². The highest BCUT2D eigenvalue weighted by Crippen LogP contribution is 2.02. The van der Waals surface area contributed by atoms with Crippen LogP contribution in [-0.2, 0) is 9.59 Å². The zero-order chi connectivity index (χ0) is 12.0.